The summed E-state index contributed by atoms with van der Waals surface area (Å²) in [6.45, 7) is 1.16. The van der Waals surface area contributed by atoms with Gasteiger partial charge in [0.05, 0.1) is 17.2 Å². The molecule has 1 aliphatic heterocycles. The SMILES string of the molecule is Nc1nccc2c1n(-c1ccc(OCc3ccccc3)cc1)c(=O)n2C1CCCN(C(=O)O)C1. The fourth-order valence-corrected chi connectivity index (χ4v) is 4.55. The van der Waals surface area contributed by atoms with E-state index in [-0.39, 0.29) is 24.1 Å². The van der Waals surface area contributed by atoms with Crippen LogP contribution in [0.3, 0.4) is 0 Å². The second kappa shape index (κ2) is 8.93. The van der Waals surface area contributed by atoms with Crippen LogP contribution in [0.1, 0.15) is 24.4 Å². The van der Waals surface area contributed by atoms with Crippen LogP contribution in [0.4, 0.5) is 10.6 Å². The highest BCUT2D eigenvalue weighted by molar-refractivity contribution is 5.87. The quantitative estimate of drug-likeness (QED) is 0.471. The van der Waals surface area contributed by atoms with Crippen molar-refractivity contribution in [1.82, 2.24) is 19.0 Å². The molecule has 1 amide bonds. The lowest BCUT2D eigenvalue weighted by Gasteiger charge is -2.31. The third-order valence-corrected chi connectivity index (χ3v) is 6.19. The summed E-state index contributed by atoms with van der Waals surface area (Å²) in [7, 11) is 0. The highest BCUT2D eigenvalue weighted by Crippen LogP contribution is 2.29. The number of benzene rings is 2. The first-order valence-electron chi connectivity index (χ1n) is 11.2. The molecule has 174 valence electrons. The van der Waals surface area contributed by atoms with Gasteiger partial charge in [-0.25, -0.2) is 14.6 Å². The number of likely N-dealkylation sites (tertiary alicyclic amines) is 1. The summed E-state index contributed by atoms with van der Waals surface area (Å²) in [6, 6.07) is 18.6. The van der Waals surface area contributed by atoms with Crippen molar-refractivity contribution in [3.8, 4) is 11.4 Å². The third-order valence-electron chi connectivity index (χ3n) is 6.19. The number of piperidine rings is 1. The molecule has 4 aromatic rings. The number of nitrogens with two attached hydrogens (primary N) is 1. The second-order valence-corrected chi connectivity index (χ2v) is 8.34. The van der Waals surface area contributed by atoms with E-state index in [1.165, 1.54) is 4.90 Å². The summed E-state index contributed by atoms with van der Waals surface area (Å²) in [5.41, 5.74) is 8.78. The van der Waals surface area contributed by atoms with Gasteiger partial charge in [-0.15, -0.1) is 0 Å². The van der Waals surface area contributed by atoms with Gasteiger partial charge in [-0.05, 0) is 48.7 Å². The molecule has 9 heteroatoms. The topological polar surface area (TPSA) is 116 Å². The van der Waals surface area contributed by atoms with Crippen LogP contribution in [0.5, 0.6) is 5.75 Å². The van der Waals surface area contributed by atoms with Gasteiger partial charge in [0.25, 0.3) is 0 Å². The fraction of sp³-hybridized carbons (Fsp3) is 0.240. The van der Waals surface area contributed by atoms with Crippen molar-refractivity contribution in [2.24, 2.45) is 0 Å². The Labute approximate surface area is 195 Å². The lowest BCUT2D eigenvalue weighted by Crippen LogP contribution is -2.42. The van der Waals surface area contributed by atoms with Crippen LogP contribution in [0.2, 0.25) is 0 Å². The molecular weight excluding hydrogens is 434 g/mol. The van der Waals surface area contributed by atoms with E-state index >= 15 is 0 Å². The largest absolute Gasteiger partial charge is 0.489 e. The highest BCUT2D eigenvalue weighted by Gasteiger charge is 2.29. The second-order valence-electron chi connectivity index (χ2n) is 8.34. The number of amides is 1. The molecule has 0 bridgehead atoms. The predicted molar refractivity (Wildman–Crippen MR) is 128 cm³/mol. The summed E-state index contributed by atoms with van der Waals surface area (Å²) < 4.78 is 9.06. The predicted octanol–water partition coefficient (Wildman–Crippen LogP) is 3.66. The maximum Gasteiger partial charge on any atom is 0.407 e. The number of carboxylic acid groups (broad SMARTS) is 1. The van der Waals surface area contributed by atoms with Crippen LogP contribution in [-0.2, 0) is 6.61 Å². The molecule has 34 heavy (non-hydrogen) atoms. The molecule has 1 aliphatic rings. The standard InChI is InChI=1S/C25H25N5O4/c26-23-22-21(12-13-27-23)29(19-7-4-14-28(15-19)25(32)33)24(31)30(22)18-8-10-20(11-9-18)34-16-17-5-2-1-3-6-17/h1-3,5-6,8-13,19H,4,7,14-16H2,(H2,26,27)(H,32,33). The summed E-state index contributed by atoms with van der Waals surface area (Å²) in [4.78, 5) is 30.7. The van der Waals surface area contributed by atoms with Crippen molar-refractivity contribution >= 4 is 22.9 Å². The zero-order valence-corrected chi connectivity index (χ0v) is 18.5. The lowest BCUT2D eigenvalue weighted by molar-refractivity contribution is 0.121. The number of hydrogen-bond acceptors (Lipinski definition) is 5. The van der Waals surface area contributed by atoms with Crippen LogP contribution in [0.25, 0.3) is 16.7 Å². The summed E-state index contributed by atoms with van der Waals surface area (Å²) in [5.74, 6) is 0.920. The first kappa shape index (κ1) is 21.6. The molecule has 0 radical (unpaired) electrons. The van der Waals surface area contributed by atoms with Gasteiger partial charge < -0.3 is 20.5 Å². The van der Waals surface area contributed by atoms with E-state index in [4.69, 9.17) is 10.5 Å². The maximum atomic E-state index is 13.7. The highest BCUT2D eigenvalue weighted by atomic mass is 16.5. The van der Waals surface area contributed by atoms with Gasteiger partial charge in [0, 0.05) is 19.3 Å². The van der Waals surface area contributed by atoms with Crippen LogP contribution in [-0.4, -0.2) is 43.3 Å². The summed E-state index contributed by atoms with van der Waals surface area (Å²) in [6.07, 6.45) is 1.98. The van der Waals surface area contributed by atoms with Crippen LogP contribution >= 0.6 is 0 Å². The Hall–Kier alpha value is -4.27. The van der Waals surface area contributed by atoms with Gasteiger partial charge in [-0.3, -0.25) is 9.13 Å². The van der Waals surface area contributed by atoms with Crippen LogP contribution in [0.15, 0.2) is 71.7 Å². The first-order valence-corrected chi connectivity index (χ1v) is 11.2. The number of rotatable bonds is 5. The molecule has 3 N–H and O–H groups in total. The van der Waals surface area contributed by atoms with E-state index in [1.807, 2.05) is 54.6 Å². The van der Waals surface area contributed by atoms with Gasteiger partial charge >= 0.3 is 11.8 Å². The van der Waals surface area contributed by atoms with Crippen molar-refractivity contribution in [3.63, 3.8) is 0 Å². The smallest absolute Gasteiger partial charge is 0.407 e. The molecule has 0 aliphatic carbocycles. The molecule has 2 aromatic heterocycles. The Morgan fingerprint density at radius 2 is 1.88 bits per heavy atom. The molecule has 1 fully saturated rings. The van der Waals surface area contributed by atoms with E-state index in [2.05, 4.69) is 4.98 Å². The van der Waals surface area contributed by atoms with Gasteiger partial charge in [-0.2, -0.15) is 0 Å². The molecule has 0 spiro atoms. The number of anilines is 1. The van der Waals surface area contributed by atoms with E-state index in [0.717, 1.165) is 5.56 Å². The summed E-state index contributed by atoms with van der Waals surface area (Å²) in [5, 5.41) is 9.45. The van der Waals surface area contributed by atoms with Crippen molar-refractivity contribution in [1.29, 1.82) is 0 Å². The normalized spacial score (nSPS) is 16.0. The molecule has 9 nitrogen and oxygen atoms in total. The monoisotopic (exact) mass is 459 g/mol. The Balaban J connectivity index is 1.51. The minimum Gasteiger partial charge on any atom is -0.489 e. The van der Waals surface area contributed by atoms with Crippen molar-refractivity contribution < 1.29 is 14.6 Å². The number of carbonyl (C=O) groups is 1. The van der Waals surface area contributed by atoms with Gasteiger partial charge in [0.2, 0.25) is 0 Å². The molecular formula is C25H25N5O4. The molecule has 5 rings (SSSR count). The van der Waals surface area contributed by atoms with E-state index < -0.39 is 6.09 Å². The van der Waals surface area contributed by atoms with E-state index in [9.17, 15) is 14.7 Å². The number of nitrogens with zero attached hydrogens (tertiary/aromatic N) is 4. The zero-order chi connectivity index (χ0) is 23.7. The lowest BCUT2D eigenvalue weighted by atomic mass is 10.1. The van der Waals surface area contributed by atoms with Crippen LogP contribution in [0, 0.1) is 0 Å². The first-order chi connectivity index (χ1) is 16.5. The number of hydrogen-bond donors (Lipinski definition) is 2. The zero-order valence-electron chi connectivity index (χ0n) is 18.5. The number of pyridine rings is 1. The van der Waals surface area contributed by atoms with Gasteiger partial charge in [0.1, 0.15) is 23.7 Å². The van der Waals surface area contributed by atoms with E-state index in [0.29, 0.717) is 48.5 Å². The van der Waals surface area contributed by atoms with Gasteiger partial charge in [0.15, 0.2) is 0 Å². The fourth-order valence-electron chi connectivity index (χ4n) is 4.55. The Kier molecular flexibility index (Phi) is 5.67. The van der Waals surface area contributed by atoms with Crippen molar-refractivity contribution in [2.45, 2.75) is 25.5 Å². The minimum absolute atomic E-state index is 0.239. The molecule has 1 unspecified atom stereocenters. The Morgan fingerprint density at radius 3 is 2.62 bits per heavy atom. The Morgan fingerprint density at radius 1 is 1.12 bits per heavy atom. The Bertz CT molecular complexity index is 1380. The minimum atomic E-state index is -0.978. The number of imidazole rings is 1. The molecule has 2 aromatic carbocycles. The summed E-state index contributed by atoms with van der Waals surface area (Å²) >= 11 is 0. The van der Waals surface area contributed by atoms with Crippen molar-refractivity contribution in [2.75, 3.05) is 18.8 Å². The number of fused-ring (bicyclic) bond motifs is 1. The molecule has 3 heterocycles. The van der Waals surface area contributed by atoms with Crippen LogP contribution < -0.4 is 16.2 Å². The van der Waals surface area contributed by atoms with E-state index in [1.54, 1.807) is 21.4 Å². The number of nitrogen functional groups attached to an aromatic ring is 1. The van der Waals surface area contributed by atoms with Crippen molar-refractivity contribution in [3.05, 3.63) is 82.9 Å². The average Bonchev–Trinajstić information content (AvgIpc) is 3.17. The number of ether oxygens (including phenoxy) is 1. The van der Waals surface area contributed by atoms with Gasteiger partial charge in [-0.1, -0.05) is 30.3 Å². The molecule has 1 atom stereocenters. The average molecular weight is 460 g/mol. The molecule has 0 saturated carbocycles. The molecule has 1 saturated heterocycles. The maximum absolute atomic E-state index is 13.7. The number of aromatic nitrogens is 3. The third kappa shape index (κ3) is 3.96.